The van der Waals surface area contributed by atoms with Crippen LogP contribution in [0.1, 0.15) is 21.7 Å². The number of Topliss-reactive ketones (excluding diaryl/α,β-unsaturated/α-hetero) is 1. The molecule has 72 valence electrons. The van der Waals surface area contributed by atoms with E-state index >= 15 is 0 Å². The normalized spacial score (nSPS) is 11.8. The van der Waals surface area contributed by atoms with Crippen LogP contribution in [0.4, 0.5) is 0 Å². The van der Waals surface area contributed by atoms with Crippen LogP contribution in [0.25, 0.3) is 0 Å². The molecule has 0 fully saturated rings. The number of carbonyl (C=O) groups excluding carboxylic acids is 1. The van der Waals surface area contributed by atoms with Crippen LogP contribution in [0.3, 0.4) is 0 Å². The van der Waals surface area contributed by atoms with E-state index in [9.17, 15) is 4.79 Å². The molecule has 0 spiro atoms. The molecule has 0 aliphatic rings. The fourth-order valence-electron chi connectivity index (χ4n) is 0.936. The molecule has 0 aromatic carbocycles. The second-order valence-electron chi connectivity index (χ2n) is 2.82. The van der Waals surface area contributed by atoms with Crippen molar-refractivity contribution in [2.24, 2.45) is 0 Å². The van der Waals surface area contributed by atoms with E-state index in [4.69, 9.17) is 34.8 Å². The lowest BCUT2D eigenvalue weighted by molar-refractivity contribution is 0.0992. The van der Waals surface area contributed by atoms with Gasteiger partial charge in [0.15, 0.2) is 0 Å². The Morgan fingerprint density at radius 1 is 1.38 bits per heavy atom. The summed E-state index contributed by atoms with van der Waals surface area (Å²) >= 11 is 16.3. The summed E-state index contributed by atoms with van der Waals surface area (Å²) in [6.07, 6.45) is 0. The average Bonchev–Trinajstić information content (AvgIpc) is 2.29. The van der Waals surface area contributed by atoms with Gasteiger partial charge in [-0.25, -0.2) is 0 Å². The topological polar surface area (TPSA) is 32.9 Å². The van der Waals surface area contributed by atoms with E-state index in [0.717, 1.165) is 11.3 Å². The highest BCUT2D eigenvalue weighted by Gasteiger charge is 2.32. The van der Waals surface area contributed by atoms with Crippen LogP contribution in [0.2, 0.25) is 0 Å². The second kappa shape index (κ2) is 3.52. The number of hydrogen-bond donors (Lipinski definition) is 1. The smallest absolute Gasteiger partial charge is 0.254 e. The van der Waals surface area contributed by atoms with Crippen molar-refractivity contribution in [1.29, 1.82) is 0 Å². The van der Waals surface area contributed by atoms with Crippen LogP contribution in [0.15, 0.2) is 6.07 Å². The zero-order valence-corrected chi connectivity index (χ0v) is 9.39. The summed E-state index contributed by atoms with van der Waals surface area (Å²) in [6.45, 7) is 3.73. The molecule has 0 bridgehead atoms. The predicted molar refractivity (Wildman–Crippen MR) is 54.9 cm³/mol. The van der Waals surface area contributed by atoms with Gasteiger partial charge in [0.25, 0.3) is 3.79 Å². The number of rotatable bonds is 1. The zero-order chi connectivity index (χ0) is 10.2. The first-order valence-corrected chi connectivity index (χ1v) is 4.73. The van der Waals surface area contributed by atoms with Gasteiger partial charge in [-0.1, -0.05) is 34.8 Å². The molecule has 0 saturated carbocycles. The van der Waals surface area contributed by atoms with Crippen LogP contribution in [-0.2, 0) is 0 Å². The van der Waals surface area contributed by atoms with Crippen LogP contribution in [-0.4, -0.2) is 14.6 Å². The molecule has 0 saturated heterocycles. The van der Waals surface area contributed by atoms with Crippen molar-refractivity contribution < 1.29 is 4.79 Å². The molecule has 0 amide bonds. The Balaban J connectivity index is 3.03. The molecule has 1 rings (SSSR count). The molecule has 1 heterocycles. The number of aromatic nitrogens is 1. The van der Waals surface area contributed by atoms with Crippen molar-refractivity contribution in [3.05, 3.63) is 23.0 Å². The van der Waals surface area contributed by atoms with Gasteiger partial charge in [-0.3, -0.25) is 4.79 Å². The highest BCUT2D eigenvalue weighted by Crippen LogP contribution is 2.30. The molecule has 13 heavy (non-hydrogen) atoms. The van der Waals surface area contributed by atoms with Crippen molar-refractivity contribution >= 4 is 40.6 Å². The number of nitrogens with one attached hydrogen (secondary N) is 1. The minimum Gasteiger partial charge on any atom is -0.356 e. The Kier molecular flexibility index (Phi) is 2.95. The molecule has 0 aliphatic heterocycles. The van der Waals surface area contributed by atoms with Gasteiger partial charge in [0.2, 0.25) is 5.78 Å². The van der Waals surface area contributed by atoms with Crippen LogP contribution < -0.4 is 0 Å². The second-order valence-corrected chi connectivity index (χ2v) is 5.10. The number of H-pyrrole nitrogens is 1. The van der Waals surface area contributed by atoms with Gasteiger partial charge < -0.3 is 4.98 Å². The van der Waals surface area contributed by atoms with E-state index in [1.54, 1.807) is 6.07 Å². The zero-order valence-electron chi connectivity index (χ0n) is 7.12. The molecule has 0 aliphatic carbocycles. The van der Waals surface area contributed by atoms with Crippen molar-refractivity contribution in [1.82, 2.24) is 4.98 Å². The third-order valence-electron chi connectivity index (χ3n) is 1.78. The Bertz CT molecular complexity index is 318. The number of hydrogen-bond acceptors (Lipinski definition) is 1. The SMILES string of the molecule is Cc1cc(C(=O)C(Cl)(Cl)Cl)[nH]c1C. The maximum atomic E-state index is 11.4. The Morgan fingerprint density at radius 3 is 2.23 bits per heavy atom. The highest BCUT2D eigenvalue weighted by molar-refractivity contribution is 6.77. The van der Waals surface area contributed by atoms with Crippen LogP contribution >= 0.6 is 34.8 Å². The van der Waals surface area contributed by atoms with E-state index in [1.807, 2.05) is 13.8 Å². The number of alkyl halides is 3. The highest BCUT2D eigenvalue weighted by atomic mass is 35.6. The van der Waals surface area contributed by atoms with E-state index in [1.165, 1.54) is 0 Å². The largest absolute Gasteiger partial charge is 0.356 e. The molecule has 0 radical (unpaired) electrons. The molecular formula is C8H8Cl3NO. The lowest BCUT2D eigenvalue weighted by atomic mass is 10.2. The summed E-state index contributed by atoms with van der Waals surface area (Å²) in [5.41, 5.74) is 2.20. The summed E-state index contributed by atoms with van der Waals surface area (Å²) in [6, 6.07) is 1.67. The third kappa shape index (κ3) is 2.39. The first-order valence-electron chi connectivity index (χ1n) is 3.60. The monoisotopic (exact) mass is 239 g/mol. The summed E-state index contributed by atoms with van der Waals surface area (Å²) in [5.74, 6) is -0.534. The van der Waals surface area contributed by atoms with E-state index in [0.29, 0.717) is 5.69 Å². The lowest BCUT2D eigenvalue weighted by Crippen LogP contribution is -2.19. The first kappa shape index (κ1) is 10.9. The van der Waals surface area contributed by atoms with Gasteiger partial charge >= 0.3 is 0 Å². The summed E-state index contributed by atoms with van der Waals surface area (Å²) in [7, 11) is 0. The Labute approximate surface area is 91.2 Å². The molecule has 0 atom stereocenters. The van der Waals surface area contributed by atoms with E-state index in [-0.39, 0.29) is 0 Å². The minimum atomic E-state index is -1.89. The van der Waals surface area contributed by atoms with Gasteiger partial charge in [-0.15, -0.1) is 0 Å². The van der Waals surface area contributed by atoms with Gasteiger partial charge in [0, 0.05) is 5.69 Å². The average molecular weight is 241 g/mol. The molecule has 5 heteroatoms. The lowest BCUT2D eigenvalue weighted by Gasteiger charge is -2.06. The van der Waals surface area contributed by atoms with Gasteiger partial charge in [-0.2, -0.15) is 0 Å². The van der Waals surface area contributed by atoms with Gasteiger partial charge in [0.05, 0.1) is 5.69 Å². The Hall–Kier alpha value is -0.180. The fourth-order valence-corrected chi connectivity index (χ4v) is 1.24. The standard InChI is InChI=1S/C8H8Cl3NO/c1-4-3-6(12-5(4)2)7(13)8(9,10)11/h3,12H,1-2H3. The molecule has 2 nitrogen and oxygen atoms in total. The summed E-state index contributed by atoms with van der Waals surface area (Å²) in [4.78, 5) is 14.3. The number of halogens is 3. The third-order valence-corrected chi connectivity index (χ3v) is 2.29. The first-order chi connectivity index (χ1) is 5.82. The maximum Gasteiger partial charge on any atom is 0.254 e. The molecule has 0 unspecified atom stereocenters. The predicted octanol–water partition coefficient (Wildman–Crippen LogP) is 3.18. The number of aryl methyl sites for hydroxylation is 2. The van der Waals surface area contributed by atoms with E-state index < -0.39 is 9.58 Å². The minimum absolute atomic E-state index is 0.329. The Morgan fingerprint density at radius 2 is 1.92 bits per heavy atom. The quantitative estimate of drug-likeness (QED) is 0.593. The molecular weight excluding hydrogens is 232 g/mol. The van der Waals surface area contributed by atoms with Crippen LogP contribution in [0.5, 0.6) is 0 Å². The summed E-state index contributed by atoms with van der Waals surface area (Å²) < 4.78 is -1.89. The number of aromatic amines is 1. The van der Waals surface area contributed by atoms with Gasteiger partial charge in [-0.05, 0) is 25.5 Å². The summed E-state index contributed by atoms with van der Waals surface area (Å²) in [5, 5.41) is 0. The van der Waals surface area contributed by atoms with E-state index in [2.05, 4.69) is 4.98 Å². The van der Waals surface area contributed by atoms with Gasteiger partial charge in [0.1, 0.15) is 0 Å². The van der Waals surface area contributed by atoms with Crippen molar-refractivity contribution in [2.45, 2.75) is 17.6 Å². The maximum absolute atomic E-state index is 11.4. The van der Waals surface area contributed by atoms with Crippen molar-refractivity contribution in [3.8, 4) is 0 Å². The molecule has 1 aromatic rings. The van der Waals surface area contributed by atoms with Crippen LogP contribution in [0, 0.1) is 13.8 Å². The van der Waals surface area contributed by atoms with Crippen molar-refractivity contribution in [3.63, 3.8) is 0 Å². The fraction of sp³-hybridized carbons (Fsp3) is 0.375. The number of carbonyl (C=O) groups is 1. The van der Waals surface area contributed by atoms with Crippen molar-refractivity contribution in [2.75, 3.05) is 0 Å². The number of ketones is 1. The molecule has 1 aromatic heterocycles. The molecule has 1 N–H and O–H groups in total.